The number of nitrogens with one attached hydrogen (secondary N) is 1. The topological polar surface area (TPSA) is 15.3 Å². The molecule has 1 N–H and O–H groups in total. The zero-order valence-corrected chi connectivity index (χ0v) is 11.6. The molecular weight excluding hydrogens is 220 g/mol. The van der Waals surface area contributed by atoms with Crippen LogP contribution >= 0.6 is 0 Å². The van der Waals surface area contributed by atoms with Crippen LogP contribution in [0.1, 0.15) is 45.1 Å². The summed E-state index contributed by atoms with van der Waals surface area (Å²) in [5.41, 5.74) is 4.28. The maximum Gasteiger partial charge on any atom is 0.0393 e. The first-order valence-corrected chi connectivity index (χ1v) is 7.44. The third-order valence-electron chi connectivity index (χ3n) is 4.59. The van der Waals surface area contributed by atoms with E-state index in [2.05, 4.69) is 42.3 Å². The Morgan fingerprint density at radius 1 is 1.33 bits per heavy atom. The van der Waals surface area contributed by atoms with E-state index in [1.807, 2.05) is 0 Å². The average Bonchev–Trinajstić information content (AvgIpc) is 2.79. The molecule has 2 atom stereocenters. The van der Waals surface area contributed by atoms with Crippen LogP contribution in [0.3, 0.4) is 0 Å². The van der Waals surface area contributed by atoms with Crippen molar-refractivity contribution in [3.05, 3.63) is 23.8 Å². The normalized spacial score (nSPS) is 26.9. The van der Waals surface area contributed by atoms with Crippen molar-refractivity contribution in [3.8, 4) is 0 Å². The van der Waals surface area contributed by atoms with Gasteiger partial charge in [-0.25, -0.2) is 0 Å². The van der Waals surface area contributed by atoms with Crippen LogP contribution in [0.5, 0.6) is 0 Å². The molecule has 2 heterocycles. The van der Waals surface area contributed by atoms with Crippen molar-refractivity contribution < 1.29 is 0 Å². The van der Waals surface area contributed by atoms with Gasteiger partial charge in [0.25, 0.3) is 0 Å². The quantitative estimate of drug-likeness (QED) is 0.851. The molecule has 0 aliphatic carbocycles. The molecule has 0 amide bonds. The molecule has 0 aromatic heterocycles. The van der Waals surface area contributed by atoms with Crippen molar-refractivity contribution in [2.45, 2.75) is 58.0 Å². The highest BCUT2D eigenvalue weighted by atomic mass is 15.2. The number of anilines is 2. The Bertz CT molecular complexity index is 427. The van der Waals surface area contributed by atoms with Crippen LogP contribution in [0, 0.1) is 0 Å². The molecular formula is C16H24N2. The van der Waals surface area contributed by atoms with Crippen molar-refractivity contribution >= 4 is 11.4 Å². The molecule has 0 spiro atoms. The molecule has 0 saturated carbocycles. The zero-order chi connectivity index (χ0) is 12.5. The Morgan fingerprint density at radius 3 is 3.06 bits per heavy atom. The van der Waals surface area contributed by atoms with Gasteiger partial charge in [0.1, 0.15) is 0 Å². The second kappa shape index (κ2) is 4.83. The fourth-order valence-electron chi connectivity index (χ4n) is 3.55. The number of nitrogens with zero attached hydrogens (tertiary/aromatic N) is 1. The molecule has 98 valence electrons. The second-order valence-electron chi connectivity index (χ2n) is 5.77. The number of benzene rings is 1. The van der Waals surface area contributed by atoms with E-state index >= 15 is 0 Å². The van der Waals surface area contributed by atoms with Gasteiger partial charge in [-0.3, -0.25) is 0 Å². The maximum atomic E-state index is 3.55. The Balaban J connectivity index is 1.91. The van der Waals surface area contributed by atoms with Gasteiger partial charge in [0.2, 0.25) is 0 Å². The number of fused-ring (bicyclic) bond motifs is 1. The third-order valence-corrected chi connectivity index (χ3v) is 4.59. The molecule has 1 aromatic carbocycles. The number of rotatable bonds is 2. The molecule has 2 heteroatoms. The Hall–Kier alpha value is -1.18. The second-order valence-corrected chi connectivity index (χ2v) is 5.77. The van der Waals surface area contributed by atoms with Gasteiger partial charge in [0, 0.05) is 30.0 Å². The smallest absolute Gasteiger partial charge is 0.0393 e. The molecule has 2 unspecified atom stereocenters. The Labute approximate surface area is 110 Å². The van der Waals surface area contributed by atoms with Crippen LogP contribution in [-0.2, 0) is 6.42 Å². The van der Waals surface area contributed by atoms with Gasteiger partial charge in [0.15, 0.2) is 0 Å². The van der Waals surface area contributed by atoms with Gasteiger partial charge < -0.3 is 10.2 Å². The standard InChI is InChI=1S/C16H24N2/c1-3-14-8-6-12(2)18(14)15-9-7-13-5-4-10-17-16(13)11-15/h7,9,11-12,14,17H,3-6,8,10H2,1-2H3. The summed E-state index contributed by atoms with van der Waals surface area (Å²) in [5.74, 6) is 0. The summed E-state index contributed by atoms with van der Waals surface area (Å²) in [6.07, 6.45) is 6.44. The molecule has 0 bridgehead atoms. The zero-order valence-electron chi connectivity index (χ0n) is 11.6. The highest BCUT2D eigenvalue weighted by molar-refractivity contribution is 5.64. The predicted molar refractivity (Wildman–Crippen MR) is 78.5 cm³/mol. The summed E-state index contributed by atoms with van der Waals surface area (Å²) < 4.78 is 0. The lowest BCUT2D eigenvalue weighted by molar-refractivity contribution is 0.628. The van der Waals surface area contributed by atoms with Gasteiger partial charge >= 0.3 is 0 Å². The minimum absolute atomic E-state index is 0.691. The molecule has 1 aromatic rings. The highest BCUT2D eigenvalue weighted by Crippen LogP contribution is 2.35. The molecule has 1 saturated heterocycles. The van der Waals surface area contributed by atoms with E-state index < -0.39 is 0 Å². The predicted octanol–water partition coefficient (Wildman–Crippen LogP) is 3.81. The monoisotopic (exact) mass is 244 g/mol. The Morgan fingerprint density at radius 2 is 2.22 bits per heavy atom. The van der Waals surface area contributed by atoms with E-state index in [4.69, 9.17) is 0 Å². The minimum Gasteiger partial charge on any atom is -0.385 e. The lowest BCUT2D eigenvalue weighted by atomic mass is 10.0. The summed E-state index contributed by atoms with van der Waals surface area (Å²) in [6, 6.07) is 8.46. The molecule has 0 radical (unpaired) electrons. The van der Waals surface area contributed by atoms with Gasteiger partial charge in [-0.15, -0.1) is 0 Å². The first-order chi connectivity index (χ1) is 8.79. The molecule has 2 aliphatic rings. The molecule has 18 heavy (non-hydrogen) atoms. The van der Waals surface area contributed by atoms with Crippen LogP contribution in [-0.4, -0.2) is 18.6 Å². The van der Waals surface area contributed by atoms with E-state index in [0.29, 0.717) is 6.04 Å². The van der Waals surface area contributed by atoms with E-state index in [1.165, 1.54) is 49.0 Å². The van der Waals surface area contributed by atoms with Crippen molar-refractivity contribution in [2.75, 3.05) is 16.8 Å². The van der Waals surface area contributed by atoms with Crippen LogP contribution in [0.15, 0.2) is 18.2 Å². The lowest BCUT2D eigenvalue weighted by Crippen LogP contribution is -2.34. The van der Waals surface area contributed by atoms with E-state index in [0.717, 1.165) is 12.6 Å². The van der Waals surface area contributed by atoms with Gasteiger partial charge in [-0.1, -0.05) is 13.0 Å². The SMILES string of the molecule is CCC1CCC(C)N1c1ccc2c(c1)NCCC2. The first kappa shape index (κ1) is 11.9. The van der Waals surface area contributed by atoms with E-state index in [9.17, 15) is 0 Å². The largest absolute Gasteiger partial charge is 0.385 e. The van der Waals surface area contributed by atoms with Crippen molar-refractivity contribution in [2.24, 2.45) is 0 Å². The van der Waals surface area contributed by atoms with Crippen LogP contribution in [0.2, 0.25) is 0 Å². The summed E-state index contributed by atoms with van der Waals surface area (Å²) in [7, 11) is 0. The summed E-state index contributed by atoms with van der Waals surface area (Å²) >= 11 is 0. The minimum atomic E-state index is 0.691. The highest BCUT2D eigenvalue weighted by Gasteiger charge is 2.29. The van der Waals surface area contributed by atoms with Crippen LogP contribution in [0.25, 0.3) is 0 Å². The Kier molecular flexibility index (Phi) is 3.19. The average molecular weight is 244 g/mol. The molecule has 1 fully saturated rings. The van der Waals surface area contributed by atoms with Gasteiger partial charge in [-0.05, 0) is 56.7 Å². The van der Waals surface area contributed by atoms with Crippen LogP contribution < -0.4 is 10.2 Å². The fourth-order valence-corrected chi connectivity index (χ4v) is 3.55. The third kappa shape index (κ3) is 1.98. The lowest BCUT2D eigenvalue weighted by Gasteiger charge is -2.31. The van der Waals surface area contributed by atoms with E-state index in [1.54, 1.807) is 0 Å². The molecule has 3 rings (SSSR count). The number of aryl methyl sites for hydroxylation is 1. The van der Waals surface area contributed by atoms with Crippen LogP contribution in [0.4, 0.5) is 11.4 Å². The number of hydrogen-bond donors (Lipinski definition) is 1. The summed E-state index contributed by atoms with van der Waals surface area (Å²) in [6.45, 7) is 5.80. The molecule has 2 nitrogen and oxygen atoms in total. The van der Waals surface area contributed by atoms with Crippen molar-refractivity contribution in [1.29, 1.82) is 0 Å². The van der Waals surface area contributed by atoms with E-state index in [-0.39, 0.29) is 0 Å². The fraction of sp³-hybridized carbons (Fsp3) is 0.625. The number of hydrogen-bond acceptors (Lipinski definition) is 2. The summed E-state index contributed by atoms with van der Waals surface area (Å²) in [4.78, 5) is 2.64. The summed E-state index contributed by atoms with van der Waals surface area (Å²) in [5, 5.41) is 3.55. The first-order valence-electron chi connectivity index (χ1n) is 7.44. The van der Waals surface area contributed by atoms with Gasteiger partial charge in [-0.2, -0.15) is 0 Å². The van der Waals surface area contributed by atoms with Crippen molar-refractivity contribution in [3.63, 3.8) is 0 Å². The van der Waals surface area contributed by atoms with Gasteiger partial charge in [0.05, 0.1) is 0 Å². The maximum absolute atomic E-state index is 3.55. The molecule has 2 aliphatic heterocycles. The van der Waals surface area contributed by atoms with Crippen molar-refractivity contribution in [1.82, 2.24) is 0 Å².